The largest absolute Gasteiger partial charge is 0.335 e. The molecule has 0 fully saturated rings. The van der Waals surface area contributed by atoms with Gasteiger partial charge in [-0.25, -0.2) is 4.98 Å². The first-order chi connectivity index (χ1) is 16.3. The van der Waals surface area contributed by atoms with E-state index < -0.39 is 0 Å². The molecule has 3 aromatic heterocycles. The molecule has 4 rings (SSSR count). The van der Waals surface area contributed by atoms with E-state index in [0.29, 0.717) is 23.6 Å². The van der Waals surface area contributed by atoms with Crippen LogP contribution in [0.5, 0.6) is 0 Å². The fourth-order valence-electron chi connectivity index (χ4n) is 3.76. The van der Waals surface area contributed by atoms with E-state index in [1.807, 2.05) is 81.1 Å². The van der Waals surface area contributed by atoms with E-state index in [2.05, 4.69) is 4.98 Å². The summed E-state index contributed by atoms with van der Waals surface area (Å²) < 4.78 is 1.65. The summed E-state index contributed by atoms with van der Waals surface area (Å²) >= 11 is 2.83. The third kappa shape index (κ3) is 5.23. The molecule has 0 aliphatic rings. The summed E-state index contributed by atoms with van der Waals surface area (Å²) in [6, 6.07) is 15.7. The van der Waals surface area contributed by atoms with Gasteiger partial charge in [-0.3, -0.25) is 19.1 Å². The van der Waals surface area contributed by atoms with Crippen molar-refractivity contribution in [3.05, 3.63) is 86.8 Å². The number of benzene rings is 1. The summed E-state index contributed by atoms with van der Waals surface area (Å²) in [6.07, 6.45) is 1.72. The Morgan fingerprint density at radius 2 is 1.85 bits per heavy atom. The SMILES string of the molecule is Cc1sc2nc(SCC(=O)N(Cc3ccccc3)C(C)C)n(Cc3ccccn3)c(=O)c2c1C. The van der Waals surface area contributed by atoms with Crippen molar-refractivity contribution in [1.82, 2.24) is 19.4 Å². The number of nitrogens with zero attached hydrogens (tertiary/aromatic N) is 4. The van der Waals surface area contributed by atoms with Crippen molar-refractivity contribution in [3.63, 3.8) is 0 Å². The number of fused-ring (bicyclic) bond motifs is 1. The molecule has 8 heteroatoms. The molecule has 1 amide bonds. The lowest BCUT2D eigenvalue weighted by Crippen LogP contribution is -2.37. The van der Waals surface area contributed by atoms with Crippen molar-refractivity contribution in [2.24, 2.45) is 0 Å². The van der Waals surface area contributed by atoms with Gasteiger partial charge in [0.1, 0.15) is 4.83 Å². The molecule has 34 heavy (non-hydrogen) atoms. The summed E-state index contributed by atoms with van der Waals surface area (Å²) in [7, 11) is 0. The van der Waals surface area contributed by atoms with Crippen molar-refractivity contribution in [1.29, 1.82) is 0 Å². The Bertz CT molecular complexity index is 1350. The quantitative estimate of drug-likeness (QED) is 0.254. The van der Waals surface area contributed by atoms with Crippen molar-refractivity contribution in [2.45, 2.75) is 52.0 Å². The number of aryl methyl sites for hydroxylation is 2. The molecule has 0 aliphatic carbocycles. The van der Waals surface area contributed by atoms with Crippen LogP contribution in [0, 0.1) is 13.8 Å². The second-order valence-electron chi connectivity index (χ2n) is 8.46. The van der Waals surface area contributed by atoms with Gasteiger partial charge in [-0.2, -0.15) is 0 Å². The maximum Gasteiger partial charge on any atom is 0.263 e. The molecule has 3 heterocycles. The van der Waals surface area contributed by atoms with Crippen molar-refractivity contribution in [2.75, 3.05) is 5.75 Å². The summed E-state index contributed by atoms with van der Waals surface area (Å²) in [4.78, 5) is 39.6. The fourth-order valence-corrected chi connectivity index (χ4v) is 5.72. The van der Waals surface area contributed by atoms with Crippen LogP contribution in [-0.2, 0) is 17.9 Å². The van der Waals surface area contributed by atoms with Gasteiger partial charge in [-0.1, -0.05) is 48.2 Å². The van der Waals surface area contributed by atoms with Crippen LogP contribution in [-0.4, -0.2) is 37.1 Å². The number of hydrogen-bond donors (Lipinski definition) is 0. The first-order valence-electron chi connectivity index (χ1n) is 11.2. The van der Waals surface area contributed by atoms with Crippen LogP contribution >= 0.6 is 23.1 Å². The molecule has 4 aromatic rings. The highest BCUT2D eigenvalue weighted by Gasteiger charge is 2.21. The molecule has 176 valence electrons. The maximum absolute atomic E-state index is 13.5. The number of aromatic nitrogens is 3. The molecule has 0 saturated carbocycles. The van der Waals surface area contributed by atoms with E-state index in [1.165, 1.54) is 23.1 Å². The van der Waals surface area contributed by atoms with Gasteiger partial charge in [-0.05, 0) is 51.0 Å². The number of thioether (sulfide) groups is 1. The number of amides is 1. The molecule has 1 aromatic carbocycles. The zero-order valence-electron chi connectivity index (χ0n) is 19.8. The topological polar surface area (TPSA) is 68.1 Å². The van der Waals surface area contributed by atoms with E-state index in [0.717, 1.165) is 26.5 Å². The van der Waals surface area contributed by atoms with Gasteiger partial charge in [0, 0.05) is 23.7 Å². The molecule has 6 nitrogen and oxygen atoms in total. The predicted octanol–water partition coefficient (Wildman–Crippen LogP) is 5.05. The molecular formula is C26H28N4O2S2. The normalized spacial score (nSPS) is 11.3. The predicted molar refractivity (Wildman–Crippen MR) is 140 cm³/mol. The number of carbonyl (C=O) groups is 1. The lowest BCUT2D eigenvalue weighted by molar-refractivity contribution is -0.130. The molecule has 0 atom stereocenters. The lowest BCUT2D eigenvalue weighted by Gasteiger charge is -2.27. The summed E-state index contributed by atoms with van der Waals surface area (Å²) in [6.45, 7) is 8.86. The Balaban J connectivity index is 1.64. The Labute approximate surface area is 207 Å². The third-order valence-corrected chi connectivity index (χ3v) is 7.83. The van der Waals surface area contributed by atoms with Crippen LogP contribution in [0.2, 0.25) is 0 Å². The number of pyridine rings is 1. The molecule has 0 N–H and O–H groups in total. The van der Waals surface area contributed by atoms with Gasteiger partial charge in [0.15, 0.2) is 5.16 Å². The van der Waals surface area contributed by atoms with Crippen LogP contribution in [0.25, 0.3) is 10.2 Å². The van der Waals surface area contributed by atoms with Gasteiger partial charge < -0.3 is 4.90 Å². The average Bonchev–Trinajstić information content (AvgIpc) is 3.12. The van der Waals surface area contributed by atoms with Crippen molar-refractivity contribution < 1.29 is 4.79 Å². The third-order valence-electron chi connectivity index (χ3n) is 5.76. The number of rotatable bonds is 8. The van der Waals surface area contributed by atoms with Crippen LogP contribution in [0.4, 0.5) is 0 Å². The second kappa shape index (κ2) is 10.5. The van der Waals surface area contributed by atoms with Crippen LogP contribution < -0.4 is 5.56 Å². The van der Waals surface area contributed by atoms with Gasteiger partial charge in [0.2, 0.25) is 5.91 Å². The van der Waals surface area contributed by atoms with E-state index >= 15 is 0 Å². The zero-order valence-corrected chi connectivity index (χ0v) is 21.4. The fraction of sp³-hybridized carbons (Fsp3) is 0.308. The molecule has 0 bridgehead atoms. The number of carbonyl (C=O) groups excluding carboxylic acids is 1. The first kappa shape index (κ1) is 24.2. The second-order valence-corrected chi connectivity index (χ2v) is 10.6. The highest BCUT2D eigenvalue weighted by Crippen LogP contribution is 2.29. The summed E-state index contributed by atoms with van der Waals surface area (Å²) in [5.74, 6) is 0.218. The molecule has 0 saturated heterocycles. The molecule has 0 spiro atoms. The summed E-state index contributed by atoms with van der Waals surface area (Å²) in [5.41, 5.74) is 2.74. The highest BCUT2D eigenvalue weighted by molar-refractivity contribution is 7.99. The minimum Gasteiger partial charge on any atom is -0.335 e. The Kier molecular flexibility index (Phi) is 7.48. The lowest BCUT2D eigenvalue weighted by atomic mass is 10.2. The van der Waals surface area contributed by atoms with Crippen LogP contribution in [0.3, 0.4) is 0 Å². The Morgan fingerprint density at radius 3 is 2.53 bits per heavy atom. The molecule has 0 radical (unpaired) electrons. The first-order valence-corrected chi connectivity index (χ1v) is 13.0. The van der Waals surface area contributed by atoms with E-state index in [9.17, 15) is 9.59 Å². The van der Waals surface area contributed by atoms with E-state index in [4.69, 9.17) is 4.98 Å². The zero-order chi connectivity index (χ0) is 24.2. The van der Waals surface area contributed by atoms with E-state index in [-0.39, 0.29) is 23.3 Å². The number of hydrogen-bond acceptors (Lipinski definition) is 6. The van der Waals surface area contributed by atoms with Crippen molar-refractivity contribution >= 4 is 39.2 Å². The number of thiophene rings is 1. The minimum atomic E-state index is -0.0857. The minimum absolute atomic E-state index is 0.0149. The van der Waals surface area contributed by atoms with Crippen molar-refractivity contribution in [3.8, 4) is 0 Å². The van der Waals surface area contributed by atoms with Gasteiger partial charge in [0.25, 0.3) is 5.56 Å². The van der Waals surface area contributed by atoms with E-state index in [1.54, 1.807) is 10.8 Å². The maximum atomic E-state index is 13.5. The van der Waals surface area contributed by atoms with Crippen LogP contribution in [0.15, 0.2) is 64.7 Å². The molecule has 0 aliphatic heterocycles. The summed E-state index contributed by atoms with van der Waals surface area (Å²) in [5, 5.41) is 1.20. The average molecular weight is 493 g/mol. The molecule has 0 unspecified atom stereocenters. The Morgan fingerprint density at radius 1 is 1.12 bits per heavy atom. The van der Waals surface area contributed by atoms with Gasteiger partial charge in [-0.15, -0.1) is 11.3 Å². The smallest absolute Gasteiger partial charge is 0.263 e. The monoisotopic (exact) mass is 492 g/mol. The van der Waals surface area contributed by atoms with Gasteiger partial charge in [0.05, 0.1) is 23.4 Å². The molecular weight excluding hydrogens is 464 g/mol. The standard InChI is InChI=1S/C26H28N4O2S2/c1-17(2)29(14-20-10-6-5-7-11-20)22(31)16-33-26-28-24-23(18(3)19(4)34-24)25(32)30(26)15-21-12-8-9-13-27-21/h5-13,17H,14-16H2,1-4H3. The van der Waals surface area contributed by atoms with Gasteiger partial charge >= 0.3 is 0 Å². The van der Waals surface area contributed by atoms with Crippen LogP contribution in [0.1, 0.15) is 35.5 Å². The Hall–Kier alpha value is -2.97. The highest BCUT2D eigenvalue weighted by atomic mass is 32.2.